The summed E-state index contributed by atoms with van der Waals surface area (Å²) in [6.07, 6.45) is 4.57. The first-order valence-corrected chi connectivity index (χ1v) is 13.1. The molecule has 3 heterocycles. The third-order valence-electron chi connectivity index (χ3n) is 6.66. The Labute approximate surface area is 221 Å². The summed E-state index contributed by atoms with van der Waals surface area (Å²) in [6, 6.07) is 7.35. The number of amides is 1. The van der Waals surface area contributed by atoms with Crippen LogP contribution in [0.4, 0.5) is 0 Å². The second-order valence-electron chi connectivity index (χ2n) is 9.13. The molecule has 11 heteroatoms. The number of ether oxygens (including phenoxy) is 2. The van der Waals surface area contributed by atoms with Crippen LogP contribution in [0.5, 0.6) is 5.75 Å². The lowest BCUT2D eigenvalue weighted by Gasteiger charge is -2.26. The fraction of sp³-hybridized carbons (Fsp3) is 0.481. The smallest absolute Gasteiger partial charge is 0.332 e. The highest BCUT2D eigenvalue weighted by Gasteiger charge is 2.17. The number of carbonyl (C=O) groups excluding carboxylic acids is 1. The second-order valence-corrected chi connectivity index (χ2v) is 9.13. The van der Waals surface area contributed by atoms with E-state index < -0.39 is 0 Å². The number of benzene rings is 1. The molecule has 2 aromatic heterocycles. The standard InChI is InChI=1S/C27H36N6O5/c1-4-32-25-24(26(35)33(5-2)27(32)36)30(3)22(29-25)12-9-20-7-10-21(11-8-20)38-19-23(34)28-13-6-14-31-15-17-37-18-16-31/h7-12H,4-6,13-19H2,1-3H3,(H,28,34)/b12-9+. The van der Waals surface area contributed by atoms with E-state index in [1.807, 2.05) is 25.1 Å². The highest BCUT2D eigenvalue weighted by Crippen LogP contribution is 2.16. The summed E-state index contributed by atoms with van der Waals surface area (Å²) in [5.41, 5.74) is 0.997. The lowest BCUT2D eigenvalue weighted by Crippen LogP contribution is -2.39. The van der Waals surface area contributed by atoms with Gasteiger partial charge < -0.3 is 19.4 Å². The first kappa shape index (κ1) is 27.3. The number of nitrogens with one attached hydrogen (secondary N) is 1. The third-order valence-corrected chi connectivity index (χ3v) is 6.66. The van der Waals surface area contributed by atoms with Gasteiger partial charge in [-0.15, -0.1) is 0 Å². The minimum absolute atomic E-state index is 0.0407. The molecule has 1 fully saturated rings. The summed E-state index contributed by atoms with van der Waals surface area (Å²) in [6.45, 7) is 9.32. The van der Waals surface area contributed by atoms with Gasteiger partial charge in [-0.05, 0) is 50.6 Å². The summed E-state index contributed by atoms with van der Waals surface area (Å²) in [7, 11) is 1.77. The summed E-state index contributed by atoms with van der Waals surface area (Å²) < 4.78 is 15.4. The van der Waals surface area contributed by atoms with Gasteiger partial charge in [0.1, 0.15) is 11.6 Å². The van der Waals surface area contributed by atoms with E-state index in [2.05, 4.69) is 15.2 Å². The van der Waals surface area contributed by atoms with Crippen LogP contribution in [0.3, 0.4) is 0 Å². The Morgan fingerprint density at radius 2 is 1.79 bits per heavy atom. The lowest BCUT2D eigenvalue weighted by molar-refractivity contribution is -0.123. The maximum absolute atomic E-state index is 12.9. The van der Waals surface area contributed by atoms with Crippen molar-refractivity contribution in [1.29, 1.82) is 0 Å². The molecule has 0 atom stereocenters. The molecular weight excluding hydrogens is 488 g/mol. The molecule has 11 nitrogen and oxygen atoms in total. The Bertz CT molecular complexity index is 1400. The van der Waals surface area contributed by atoms with Crippen molar-refractivity contribution in [3.8, 4) is 5.75 Å². The number of rotatable bonds is 11. The van der Waals surface area contributed by atoms with E-state index in [-0.39, 0.29) is 23.8 Å². The topological polar surface area (TPSA) is 113 Å². The molecule has 3 aromatic rings. The highest BCUT2D eigenvalue weighted by molar-refractivity contribution is 5.78. The van der Waals surface area contributed by atoms with E-state index in [0.717, 1.165) is 44.8 Å². The number of aromatic nitrogens is 4. The SMILES string of the molecule is CCn1c(=O)c2c(nc(/C=C/c3ccc(OCC(=O)NCCCN4CCOCC4)cc3)n2C)n(CC)c1=O. The monoisotopic (exact) mass is 524 g/mol. The minimum Gasteiger partial charge on any atom is -0.484 e. The summed E-state index contributed by atoms with van der Waals surface area (Å²) >= 11 is 0. The van der Waals surface area contributed by atoms with E-state index >= 15 is 0 Å². The predicted molar refractivity (Wildman–Crippen MR) is 146 cm³/mol. The highest BCUT2D eigenvalue weighted by atomic mass is 16.5. The Balaban J connectivity index is 1.32. The van der Waals surface area contributed by atoms with E-state index in [4.69, 9.17) is 9.47 Å². The van der Waals surface area contributed by atoms with E-state index in [1.165, 1.54) is 9.13 Å². The molecule has 1 aliphatic heterocycles. The molecular formula is C27H36N6O5. The normalized spacial score (nSPS) is 14.4. The molecule has 0 saturated carbocycles. The maximum atomic E-state index is 12.9. The van der Waals surface area contributed by atoms with Gasteiger partial charge in [0.15, 0.2) is 17.8 Å². The fourth-order valence-electron chi connectivity index (χ4n) is 4.49. The molecule has 0 radical (unpaired) electrons. The van der Waals surface area contributed by atoms with Crippen LogP contribution in [0.1, 0.15) is 31.7 Å². The zero-order valence-electron chi connectivity index (χ0n) is 22.3. The van der Waals surface area contributed by atoms with Crippen molar-refractivity contribution in [2.24, 2.45) is 7.05 Å². The van der Waals surface area contributed by atoms with Crippen LogP contribution in [0, 0.1) is 0 Å². The van der Waals surface area contributed by atoms with Crippen molar-refractivity contribution in [3.05, 3.63) is 56.5 Å². The Kier molecular flexibility index (Phi) is 9.14. The number of hydrogen-bond acceptors (Lipinski definition) is 7. The van der Waals surface area contributed by atoms with Crippen molar-refractivity contribution < 1.29 is 14.3 Å². The van der Waals surface area contributed by atoms with Crippen LogP contribution in [0.25, 0.3) is 23.3 Å². The van der Waals surface area contributed by atoms with Crippen LogP contribution >= 0.6 is 0 Å². The van der Waals surface area contributed by atoms with Crippen molar-refractivity contribution >= 4 is 29.2 Å². The number of morpholine rings is 1. The lowest BCUT2D eigenvalue weighted by atomic mass is 10.2. The van der Waals surface area contributed by atoms with Gasteiger partial charge in [-0.3, -0.25) is 23.6 Å². The Morgan fingerprint density at radius 1 is 1.08 bits per heavy atom. The zero-order valence-corrected chi connectivity index (χ0v) is 22.3. The Morgan fingerprint density at radius 3 is 2.47 bits per heavy atom. The van der Waals surface area contributed by atoms with E-state index in [1.54, 1.807) is 36.7 Å². The molecule has 0 spiro atoms. The van der Waals surface area contributed by atoms with Crippen molar-refractivity contribution in [2.45, 2.75) is 33.4 Å². The van der Waals surface area contributed by atoms with Gasteiger partial charge >= 0.3 is 5.69 Å². The van der Waals surface area contributed by atoms with Crippen LogP contribution in [0.2, 0.25) is 0 Å². The number of aryl methyl sites for hydroxylation is 2. The molecule has 204 valence electrons. The minimum atomic E-state index is -0.349. The van der Waals surface area contributed by atoms with E-state index in [0.29, 0.717) is 42.4 Å². The molecule has 38 heavy (non-hydrogen) atoms. The maximum Gasteiger partial charge on any atom is 0.332 e. The molecule has 1 N–H and O–H groups in total. The fourth-order valence-corrected chi connectivity index (χ4v) is 4.49. The first-order chi connectivity index (χ1) is 18.4. The van der Waals surface area contributed by atoms with Crippen LogP contribution in [-0.2, 0) is 29.7 Å². The van der Waals surface area contributed by atoms with Gasteiger partial charge in [0, 0.05) is 39.8 Å². The average Bonchev–Trinajstić information content (AvgIpc) is 3.26. The largest absolute Gasteiger partial charge is 0.484 e. The molecule has 0 bridgehead atoms. The van der Waals surface area contributed by atoms with Gasteiger partial charge in [0.05, 0.1) is 13.2 Å². The van der Waals surface area contributed by atoms with Gasteiger partial charge in [0.2, 0.25) is 0 Å². The average molecular weight is 525 g/mol. The van der Waals surface area contributed by atoms with E-state index in [9.17, 15) is 14.4 Å². The first-order valence-electron chi connectivity index (χ1n) is 13.1. The van der Waals surface area contributed by atoms with Gasteiger partial charge in [-0.2, -0.15) is 0 Å². The van der Waals surface area contributed by atoms with Crippen LogP contribution < -0.4 is 21.3 Å². The molecule has 4 rings (SSSR count). The zero-order chi connectivity index (χ0) is 27.1. The van der Waals surface area contributed by atoms with Gasteiger partial charge in [-0.25, -0.2) is 9.78 Å². The molecule has 0 aliphatic carbocycles. The molecule has 1 amide bonds. The van der Waals surface area contributed by atoms with Crippen molar-refractivity contribution in [2.75, 3.05) is 46.0 Å². The van der Waals surface area contributed by atoms with Crippen LogP contribution in [-0.4, -0.2) is 75.5 Å². The molecule has 1 saturated heterocycles. The van der Waals surface area contributed by atoms with Crippen molar-refractivity contribution in [1.82, 2.24) is 28.9 Å². The predicted octanol–water partition coefficient (Wildman–Crippen LogP) is 1.32. The summed E-state index contributed by atoms with van der Waals surface area (Å²) in [5, 5.41) is 2.89. The quantitative estimate of drug-likeness (QED) is 0.377. The number of fused-ring (bicyclic) bond motifs is 1. The van der Waals surface area contributed by atoms with Crippen LogP contribution in [0.15, 0.2) is 33.9 Å². The Hall–Kier alpha value is -3.70. The molecule has 1 aromatic carbocycles. The van der Waals surface area contributed by atoms with Gasteiger partial charge in [0.25, 0.3) is 11.5 Å². The number of nitrogens with zero attached hydrogens (tertiary/aromatic N) is 5. The van der Waals surface area contributed by atoms with Gasteiger partial charge in [-0.1, -0.05) is 18.2 Å². The number of carbonyl (C=O) groups is 1. The van der Waals surface area contributed by atoms with Crippen molar-refractivity contribution in [3.63, 3.8) is 0 Å². The third kappa shape index (κ3) is 6.22. The summed E-state index contributed by atoms with van der Waals surface area (Å²) in [4.78, 5) is 44.5. The molecule has 1 aliphatic rings. The summed E-state index contributed by atoms with van der Waals surface area (Å²) in [5.74, 6) is 1.02. The second kappa shape index (κ2) is 12.7. The molecule has 0 unspecified atom stereocenters. The number of imidazole rings is 1. The number of hydrogen-bond donors (Lipinski definition) is 1.